The number of carbonyl (C=O) groups is 1. The molecule has 0 aliphatic rings. The van der Waals surface area contributed by atoms with Crippen molar-refractivity contribution in [2.24, 2.45) is 0 Å². The molecule has 2 aromatic rings. The summed E-state index contributed by atoms with van der Waals surface area (Å²) >= 11 is 5.34. The molecule has 0 saturated heterocycles. The van der Waals surface area contributed by atoms with Crippen LogP contribution in [0, 0.1) is 0 Å². The third-order valence-corrected chi connectivity index (χ3v) is 4.08. The van der Waals surface area contributed by atoms with Crippen LogP contribution in [0.5, 0.6) is 11.5 Å². The van der Waals surface area contributed by atoms with Crippen molar-refractivity contribution >= 4 is 34.6 Å². The number of anilines is 2. The first-order valence-electron chi connectivity index (χ1n) is 8.75. The second-order valence-electron chi connectivity index (χ2n) is 6.22. The third-order valence-electron chi connectivity index (χ3n) is 3.83. The van der Waals surface area contributed by atoms with Crippen molar-refractivity contribution in [3.8, 4) is 11.5 Å². The molecule has 8 nitrogen and oxygen atoms in total. The number of carbonyl (C=O) groups excluding carboxylic acids is 1. The fraction of sp³-hybridized carbons (Fsp3) is 0.368. The molecule has 152 valence electrons. The topological polar surface area (TPSA) is 88.0 Å². The molecule has 0 atom stereocenters. The molecule has 1 amide bonds. The molecule has 1 aromatic heterocycles. The average molecular weight is 407 g/mol. The van der Waals surface area contributed by atoms with E-state index in [1.165, 1.54) is 13.4 Å². The highest BCUT2D eigenvalue weighted by atomic mass is 32.1. The van der Waals surface area contributed by atoms with Crippen molar-refractivity contribution in [1.29, 1.82) is 0 Å². The van der Waals surface area contributed by atoms with E-state index in [4.69, 9.17) is 26.1 Å². The fourth-order valence-electron chi connectivity index (χ4n) is 2.45. The van der Waals surface area contributed by atoms with Gasteiger partial charge in [0.2, 0.25) is 0 Å². The summed E-state index contributed by atoms with van der Waals surface area (Å²) in [5.74, 6) is 0.780. The monoisotopic (exact) mass is 406 g/mol. The van der Waals surface area contributed by atoms with E-state index in [1.54, 1.807) is 31.4 Å². The first-order chi connectivity index (χ1) is 13.4. The highest BCUT2D eigenvalue weighted by Crippen LogP contribution is 2.36. The quantitative estimate of drug-likeness (QED) is 0.433. The van der Waals surface area contributed by atoms with Gasteiger partial charge in [-0.25, -0.2) is 0 Å². The van der Waals surface area contributed by atoms with Gasteiger partial charge in [-0.3, -0.25) is 4.79 Å². The van der Waals surface area contributed by atoms with Gasteiger partial charge in [-0.05, 0) is 51.4 Å². The third kappa shape index (κ3) is 6.14. The van der Waals surface area contributed by atoms with Crippen LogP contribution in [-0.2, 0) is 0 Å². The largest absolute Gasteiger partial charge is 0.494 e. The maximum atomic E-state index is 12.2. The SMILES string of the molecule is COc1cc(NC(=S)NCCCN(C)C)c(OC)cc1NC(=O)c1ccco1. The highest BCUT2D eigenvalue weighted by Gasteiger charge is 2.16. The fourth-order valence-corrected chi connectivity index (χ4v) is 2.66. The minimum atomic E-state index is -0.385. The second kappa shape index (κ2) is 10.5. The molecule has 1 heterocycles. The first kappa shape index (κ1) is 21.5. The molecular weight excluding hydrogens is 380 g/mol. The minimum Gasteiger partial charge on any atom is -0.494 e. The lowest BCUT2D eigenvalue weighted by Gasteiger charge is -2.17. The van der Waals surface area contributed by atoms with Gasteiger partial charge in [-0.15, -0.1) is 0 Å². The predicted molar refractivity (Wildman–Crippen MR) is 114 cm³/mol. The van der Waals surface area contributed by atoms with Crippen LogP contribution in [0.25, 0.3) is 0 Å². The van der Waals surface area contributed by atoms with E-state index in [9.17, 15) is 4.79 Å². The lowest BCUT2D eigenvalue weighted by molar-refractivity contribution is 0.0996. The van der Waals surface area contributed by atoms with Gasteiger partial charge in [0.1, 0.15) is 11.5 Å². The molecule has 0 aliphatic carbocycles. The van der Waals surface area contributed by atoms with Crippen LogP contribution < -0.4 is 25.4 Å². The number of benzene rings is 1. The van der Waals surface area contributed by atoms with Crippen molar-refractivity contribution in [2.45, 2.75) is 6.42 Å². The van der Waals surface area contributed by atoms with E-state index in [2.05, 4.69) is 20.9 Å². The predicted octanol–water partition coefficient (Wildman–Crippen LogP) is 2.79. The smallest absolute Gasteiger partial charge is 0.291 e. The Kier molecular flexibility index (Phi) is 8.09. The molecule has 9 heteroatoms. The number of furan rings is 1. The van der Waals surface area contributed by atoms with E-state index < -0.39 is 0 Å². The van der Waals surface area contributed by atoms with Crippen LogP contribution in [0.3, 0.4) is 0 Å². The zero-order chi connectivity index (χ0) is 20.5. The zero-order valence-electron chi connectivity index (χ0n) is 16.5. The van der Waals surface area contributed by atoms with Gasteiger partial charge in [-0.2, -0.15) is 0 Å². The summed E-state index contributed by atoms with van der Waals surface area (Å²) in [5.41, 5.74) is 1.08. The summed E-state index contributed by atoms with van der Waals surface area (Å²) < 4.78 is 15.9. The van der Waals surface area contributed by atoms with E-state index >= 15 is 0 Å². The number of ether oxygens (including phenoxy) is 2. The van der Waals surface area contributed by atoms with Gasteiger partial charge in [0.15, 0.2) is 10.9 Å². The van der Waals surface area contributed by atoms with Gasteiger partial charge in [0.05, 0.1) is 31.9 Å². The van der Waals surface area contributed by atoms with Crippen molar-refractivity contribution in [1.82, 2.24) is 10.2 Å². The number of methoxy groups -OCH3 is 2. The van der Waals surface area contributed by atoms with Gasteiger partial charge in [0.25, 0.3) is 5.91 Å². The van der Waals surface area contributed by atoms with Gasteiger partial charge in [-0.1, -0.05) is 0 Å². The van der Waals surface area contributed by atoms with Gasteiger partial charge in [0, 0.05) is 18.7 Å². The molecular formula is C19H26N4O4S. The number of rotatable bonds is 9. The Balaban J connectivity index is 2.08. The molecule has 28 heavy (non-hydrogen) atoms. The van der Waals surface area contributed by atoms with Crippen molar-refractivity contribution < 1.29 is 18.7 Å². The Morgan fingerprint density at radius 3 is 2.32 bits per heavy atom. The van der Waals surface area contributed by atoms with E-state index in [0.29, 0.717) is 28.0 Å². The molecule has 0 fully saturated rings. The van der Waals surface area contributed by atoms with Crippen LogP contribution in [-0.4, -0.2) is 57.3 Å². The van der Waals surface area contributed by atoms with Gasteiger partial charge >= 0.3 is 0 Å². The highest BCUT2D eigenvalue weighted by molar-refractivity contribution is 7.80. The van der Waals surface area contributed by atoms with E-state index in [-0.39, 0.29) is 11.7 Å². The lowest BCUT2D eigenvalue weighted by Crippen LogP contribution is -2.31. The summed E-state index contributed by atoms with van der Waals surface area (Å²) in [5, 5.41) is 9.49. The Bertz CT molecular complexity index is 793. The second-order valence-corrected chi connectivity index (χ2v) is 6.63. The van der Waals surface area contributed by atoms with E-state index in [0.717, 1.165) is 19.5 Å². The number of amides is 1. The van der Waals surface area contributed by atoms with Gasteiger partial charge < -0.3 is 34.7 Å². The number of hydrogen-bond acceptors (Lipinski definition) is 6. The van der Waals surface area contributed by atoms with Crippen LogP contribution >= 0.6 is 12.2 Å². The molecule has 3 N–H and O–H groups in total. The molecule has 1 aromatic carbocycles. The number of nitrogens with one attached hydrogen (secondary N) is 3. The first-order valence-corrected chi connectivity index (χ1v) is 9.16. The molecule has 0 bridgehead atoms. The van der Waals surface area contributed by atoms with Crippen molar-refractivity contribution in [3.05, 3.63) is 36.3 Å². The molecule has 0 unspecified atom stereocenters. The standard InChI is InChI=1S/C19H26N4O4S/c1-23(2)9-6-8-20-19(28)22-14-12-16(25-3)13(11-17(14)26-4)21-18(24)15-7-5-10-27-15/h5,7,10-12H,6,8-9H2,1-4H3,(H,21,24)(H2,20,22,28). The number of hydrogen-bond donors (Lipinski definition) is 3. The maximum Gasteiger partial charge on any atom is 0.291 e. The van der Waals surface area contributed by atoms with Crippen LogP contribution in [0.15, 0.2) is 34.9 Å². The molecule has 0 aliphatic heterocycles. The van der Waals surface area contributed by atoms with E-state index in [1.807, 2.05) is 14.1 Å². The normalized spacial score (nSPS) is 10.5. The lowest BCUT2D eigenvalue weighted by atomic mass is 10.2. The molecule has 0 radical (unpaired) electrons. The number of thiocarbonyl (C=S) groups is 1. The molecule has 2 rings (SSSR count). The Morgan fingerprint density at radius 2 is 1.79 bits per heavy atom. The van der Waals surface area contributed by atoms with Crippen molar-refractivity contribution in [2.75, 3.05) is 52.0 Å². The number of nitrogens with zero attached hydrogens (tertiary/aromatic N) is 1. The van der Waals surface area contributed by atoms with Crippen LogP contribution in [0.2, 0.25) is 0 Å². The summed E-state index contributed by atoms with van der Waals surface area (Å²) in [6.07, 6.45) is 2.40. The average Bonchev–Trinajstić information content (AvgIpc) is 3.20. The summed E-state index contributed by atoms with van der Waals surface area (Å²) in [4.78, 5) is 14.4. The Labute approximate surface area is 170 Å². The Morgan fingerprint density at radius 1 is 1.14 bits per heavy atom. The summed E-state index contributed by atoms with van der Waals surface area (Å²) in [7, 11) is 7.12. The Hall–Kier alpha value is -2.78. The maximum absolute atomic E-state index is 12.2. The zero-order valence-corrected chi connectivity index (χ0v) is 17.3. The summed E-state index contributed by atoms with van der Waals surface area (Å²) in [6.45, 7) is 1.72. The molecule has 0 spiro atoms. The minimum absolute atomic E-state index is 0.200. The molecule has 0 saturated carbocycles. The van der Waals surface area contributed by atoms with Crippen LogP contribution in [0.4, 0.5) is 11.4 Å². The van der Waals surface area contributed by atoms with Crippen molar-refractivity contribution in [3.63, 3.8) is 0 Å². The summed E-state index contributed by atoms with van der Waals surface area (Å²) in [6, 6.07) is 6.60. The van der Waals surface area contributed by atoms with Crippen LogP contribution in [0.1, 0.15) is 17.0 Å².